The molecular formula is C13H24ClN3O3. The van der Waals surface area contributed by atoms with Crippen LogP contribution in [0.5, 0.6) is 0 Å². The molecule has 2 aliphatic carbocycles. The average molecular weight is 306 g/mol. The quantitative estimate of drug-likeness (QED) is 0.585. The molecule has 4 atom stereocenters. The number of hydrogen-bond acceptors (Lipinski definition) is 4. The molecule has 2 amide bonds. The van der Waals surface area contributed by atoms with Crippen molar-refractivity contribution < 1.29 is 14.3 Å². The van der Waals surface area contributed by atoms with Gasteiger partial charge in [-0.25, -0.2) is 0 Å². The highest BCUT2D eigenvalue weighted by molar-refractivity contribution is 5.86. The second kappa shape index (κ2) is 7.81. The number of methoxy groups -OCH3 is 1. The van der Waals surface area contributed by atoms with Crippen molar-refractivity contribution in [3.05, 3.63) is 0 Å². The molecule has 0 heterocycles. The van der Waals surface area contributed by atoms with Gasteiger partial charge in [-0.15, -0.1) is 12.4 Å². The lowest BCUT2D eigenvalue weighted by molar-refractivity contribution is -0.130. The Morgan fingerprint density at radius 1 is 1.25 bits per heavy atom. The lowest BCUT2D eigenvalue weighted by atomic mass is 9.84. The molecule has 6 nitrogen and oxygen atoms in total. The summed E-state index contributed by atoms with van der Waals surface area (Å²) in [5.74, 6) is 0.544. The molecule has 0 spiro atoms. The van der Waals surface area contributed by atoms with E-state index in [0.717, 1.165) is 19.3 Å². The second-order valence-corrected chi connectivity index (χ2v) is 5.50. The molecule has 2 fully saturated rings. The monoisotopic (exact) mass is 305 g/mol. The zero-order chi connectivity index (χ0) is 13.8. The number of ether oxygens (including phenoxy) is 1. The van der Waals surface area contributed by atoms with Crippen LogP contribution in [0.3, 0.4) is 0 Å². The summed E-state index contributed by atoms with van der Waals surface area (Å²) in [7, 11) is 1.57. The number of rotatable bonds is 6. The molecule has 0 aliphatic heterocycles. The van der Waals surface area contributed by atoms with Crippen molar-refractivity contribution in [2.24, 2.45) is 23.5 Å². The van der Waals surface area contributed by atoms with Gasteiger partial charge in [-0.1, -0.05) is 0 Å². The Bertz CT molecular complexity index is 352. The lowest BCUT2D eigenvalue weighted by Gasteiger charge is -2.26. The van der Waals surface area contributed by atoms with E-state index in [9.17, 15) is 9.59 Å². The van der Waals surface area contributed by atoms with Crippen molar-refractivity contribution >= 4 is 24.2 Å². The van der Waals surface area contributed by atoms with Crippen LogP contribution in [0.15, 0.2) is 0 Å². The van der Waals surface area contributed by atoms with E-state index in [1.165, 1.54) is 0 Å². The Morgan fingerprint density at radius 2 is 1.95 bits per heavy atom. The van der Waals surface area contributed by atoms with Crippen molar-refractivity contribution in [2.45, 2.75) is 25.3 Å². The maximum Gasteiger partial charge on any atom is 0.239 e. The predicted molar refractivity (Wildman–Crippen MR) is 77.4 cm³/mol. The first kappa shape index (κ1) is 17.2. The molecule has 4 N–H and O–H groups in total. The van der Waals surface area contributed by atoms with Crippen molar-refractivity contribution in [3.63, 3.8) is 0 Å². The molecule has 2 aliphatic rings. The van der Waals surface area contributed by atoms with Gasteiger partial charge in [0.25, 0.3) is 0 Å². The summed E-state index contributed by atoms with van der Waals surface area (Å²) in [5, 5.41) is 5.36. The van der Waals surface area contributed by atoms with Gasteiger partial charge in [0, 0.05) is 19.7 Å². The summed E-state index contributed by atoms with van der Waals surface area (Å²) < 4.78 is 4.83. The summed E-state index contributed by atoms with van der Waals surface area (Å²) in [6.45, 7) is 0.943. The van der Waals surface area contributed by atoms with Crippen molar-refractivity contribution in [2.75, 3.05) is 26.8 Å². The molecular weight excluding hydrogens is 282 g/mol. The van der Waals surface area contributed by atoms with E-state index < -0.39 is 0 Å². The predicted octanol–water partition coefficient (Wildman–Crippen LogP) is -0.340. The zero-order valence-corrected chi connectivity index (χ0v) is 12.6. The van der Waals surface area contributed by atoms with Crippen LogP contribution in [-0.4, -0.2) is 44.7 Å². The van der Waals surface area contributed by atoms with Crippen molar-refractivity contribution in [3.8, 4) is 0 Å². The molecule has 116 valence electrons. The molecule has 2 bridgehead atoms. The van der Waals surface area contributed by atoms with Crippen LogP contribution in [0.2, 0.25) is 0 Å². The second-order valence-electron chi connectivity index (χ2n) is 5.50. The van der Waals surface area contributed by atoms with Gasteiger partial charge in [0.05, 0.1) is 19.1 Å². The fourth-order valence-corrected chi connectivity index (χ4v) is 3.37. The molecule has 2 rings (SSSR count). The number of halogens is 1. The first-order chi connectivity index (χ1) is 9.13. The number of amides is 2. The Kier molecular flexibility index (Phi) is 6.71. The van der Waals surface area contributed by atoms with Crippen molar-refractivity contribution in [1.29, 1.82) is 0 Å². The maximum absolute atomic E-state index is 12.1. The SMILES string of the molecule is COCCNC(=O)CNC(=O)C1C2CCC(C2)C1N.Cl. The zero-order valence-electron chi connectivity index (χ0n) is 11.8. The molecule has 7 heteroatoms. The highest BCUT2D eigenvalue weighted by Gasteiger charge is 2.48. The van der Waals surface area contributed by atoms with Crippen LogP contribution >= 0.6 is 12.4 Å². The molecule has 2 saturated carbocycles. The third-order valence-electron chi connectivity index (χ3n) is 4.33. The lowest BCUT2D eigenvalue weighted by Crippen LogP contribution is -2.47. The largest absolute Gasteiger partial charge is 0.383 e. The number of nitrogens with two attached hydrogens (primary N) is 1. The van der Waals surface area contributed by atoms with Crippen LogP contribution in [-0.2, 0) is 14.3 Å². The molecule has 0 aromatic carbocycles. The van der Waals surface area contributed by atoms with Gasteiger partial charge in [0.2, 0.25) is 11.8 Å². The van der Waals surface area contributed by atoms with Crippen molar-refractivity contribution in [1.82, 2.24) is 10.6 Å². The van der Waals surface area contributed by atoms with E-state index >= 15 is 0 Å². The van der Waals surface area contributed by atoms with Crippen LogP contribution in [0, 0.1) is 17.8 Å². The number of hydrogen-bond donors (Lipinski definition) is 3. The Morgan fingerprint density at radius 3 is 2.55 bits per heavy atom. The first-order valence-corrected chi connectivity index (χ1v) is 6.92. The van der Waals surface area contributed by atoms with Gasteiger partial charge in [-0.2, -0.15) is 0 Å². The van der Waals surface area contributed by atoms with Gasteiger partial charge in [0.15, 0.2) is 0 Å². The summed E-state index contributed by atoms with van der Waals surface area (Å²) >= 11 is 0. The summed E-state index contributed by atoms with van der Waals surface area (Å²) in [5.41, 5.74) is 6.09. The van der Waals surface area contributed by atoms with E-state index in [0.29, 0.717) is 25.0 Å². The Labute approximate surface area is 125 Å². The first-order valence-electron chi connectivity index (χ1n) is 6.92. The Balaban J connectivity index is 0.00000200. The molecule has 4 unspecified atom stereocenters. The van der Waals surface area contributed by atoms with E-state index in [1.54, 1.807) is 7.11 Å². The van der Waals surface area contributed by atoms with E-state index in [4.69, 9.17) is 10.5 Å². The normalized spacial score (nSPS) is 30.7. The number of carbonyl (C=O) groups excluding carboxylic acids is 2. The van der Waals surface area contributed by atoms with Gasteiger partial charge in [0.1, 0.15) is 0 Å². The minimum Gasteiger partial charge on any atom is -0.383 e. The fourth-order valence-electron chi connectivity index (χ4n) is 3.37. The van der Waals surface area contributed by atoms with E-state index in [-0.39, 0.29) is 42.7 Å². The summed E-state index contributed by atoms with van der Waals surface area (Å²) in [6, 6.07) is -0.0321. The van der Waals surface area contributed by atoms with Gasteiger partial charge < -0.3 is 21.1 Å². The molecule has 0 aromatic heterocycles. The summed E-state index contributed by atoms with van der Waals surface area (Å²) in [6.07, 6.45) is 3.31. The van der Waals surface area contributed by atoms with Crippen LogP contribution in [0.25, 0.3) is 0 Å². The van der Waals surface area contributed by atoms with Crippen LogP contribution < -0.4 is 16.4 Å². The average Bonchev–Trinajstić information content (AvgIpc) is 2.97. The van der Waals surface area contributed by atoms with Gasteiger partial charge >= 0.3 is 0 Å². The van der Waals surface area contributed by atoms with Crippen LogP contribution in [0.1, 0.15) is 19.3 Å². The third kappa shape index (κ3) is 3.84. The minimum atomic E-state index is -0.192. The number of nitrogens with one attached hydrogen (secondary N) is 2. The highest BCUT2D eigenvalue weighted by Crippen LogP contribution is 2.47. The molecule has 0 radical (unpaired) electrons. The number of fused-ring (bicyclic) bond motifs is 2. The number of carbonyl (C=O) groups is 2. The van der Waals surface area contributed by atoms with E-state index in [1.807, 2.05) is 0 Å². The van der Waals surface area contributed by atoms with Gasteiger partial charge in [-0.05, 0) is 31.1 Å². The third-order valence-corrected chi connectivity index (χ3v) is 4.33. The standard InChI is InChI=1S/C13H23N3O3.ClH/c1-19-5-4-15-10(17)7-16-13(18)11-8-2-3-9(6-8)12(11)14;/h8-9,11-12H,2-7,14H2,1H3,(H,15,17)(H,16,18);1H. The summed E-state index contributed by atoms with van der Waals surface area (Å²) in [4.78, 5) is 23.6. The Hall–Kier alpha value is -0.850. The highest BCUT2D eigenvalue weighted by atomic mass is 35.5. The van der Waals surface area contributed by atoms with Gasteiger partial charge in [-0.3, -0.25) is 9.59 Å². The molecule has 0 saturated heterocycles. The maximum atomic E-state index is 12.1. The smallest absolute Gasteiger partial charge is 0.239 e. The minimum absolute atomic E-state index is 0. The topological polar surface area (TPSA) is 93.5 Å². The molecule has 20 heavy (non-hydrogen) atoms. The molecule has 0 aromatic rings. The van der Waals surface area contributed by atoms with E-state index in [2.05, 4.69) is 10.6 Å². The van der Waals surface area contributed by atoms with Crippen LogP contribution in [0.4, 0.5) is 0 Å². The fraction of sp³-hybridized carbons (Fsp3) is 0.846.